The lowest BCUT2D eigenvalue weighted by atomic mass is 10.0. The summed E-state index contributed by atoms with van der Waals surface area (Å²) in [4.78, 5) is 22.9. The zero-order valence-corrected chi connectivity index (χ0v) is 19.8. The number of carbonyl (C=O) groups is 1. The van der Waals surface area contributed by atoms with Crippen LogP contribution in [0.25, 0.3) is 0 Å². The Hall–Kier alpha value is -3.60. The Morgan fingerprint density at radius 1 is 1.00 bits per heavy atom. The molecule has 7 nitrogen and oxygen atoms in total. The van der Waals surface area contributed by atoms with E-state index in [1.807, 2.05) is 0 Å². The molecule has 0 aliphatic carbocycles. The SMILES string of the molecule is CNC(=O)[C@H](c1ccccc1)N(CCCc1cnc(Cl)cn1)c1ccc(OC(F)F)c(OC(F)F)c1. The molecule has 0 saturated heterocycles. The molecule has 1 amide bonds. The molecule has 0 saturated carbocycles. The highest BCUT2D eigenvalue weighted by molar-refractivity contribution is 6.29. The van der Waals surface area contributed by atoms with Crippen LogP contribution in [0.4, 0.5) is 23.2 Å². The monoisotopic (exact) mass is 526 g/mol. The van der Waals surface area contributed by atoms with Crippen molar-refractivity contribution in [3.8, 4) is 11.5 Å². The van der Waals surface area contributed by atoms with Crippen molar-refractivity contribution in [1.82, 2.24) is 15.3 Å². The number of aryl methyl sites for hydroxylation is 1. The van der Waals surface area contributed by atoms with Crippen molar-refractivity contribution in [3.63, 3.8) is 0 Å². The second kappa shape index (κ2) is 12.9. The number of alkyl halides is 4. The molecule has 1 heterocycles. The Labute approximate surface area is 210 Å². The van der Waals surface area contributed by atoms with Crippen LogP contribution in [0.1, 0.15) is 23.7 Å². The second-order valence-corrected chi connectivity index (χ2v) is 7.83. The molecule has 0 aliphatic heterocycles. The van der Waals surface area contributed by atoms with Gasteiger partial charge >= 0.3 is 13.2 Å². The highest BCUT2D eigenvalue weighted by Gasteiger charge is 2.28. The average Bonchev–Trinajstić information content (AvgIpc) is 2.85. The summed E-state index contributed by atoms with van der Waals surface area (Å²) in [6.07, 6.45) is 3.91. The van der Waals surface area contributed by atoms with E-state index in [0.717, 1.165) is 12.1 Å². The van der Waals surface area contributed by atoms with Crippen molar-refractivity contribution >= 4 is 23.2 Å². The van der Waals surface area contributed by atoms with Crippen LogP contribution in [0.5, 0.6) is 11.5 Å². The molecule has 1 N–H and O–H groups in total. The normalized spacial score (nSPS) is 11.9. The number of benzene rings is 2. The minimum absolute atomic E-state index is 0.252. The van der Waals surface area contributed by atoms with Crippen LogP contribution in [0, 0.1) is 0 Å². The Morgan fingerprint density at radius 2 is 1.69 bits per heavy atom. The number of carbonyl (C=O) groups excluding carboxylic acids is 1. The minimum Gasteiger partial charge on any atom is -0.431 e. The lowest BCUT2D eigenvalue weighted by Crippen LogP contribution is -2.40. The largest absolute Gasteiger partial charge is 0.431 e. The Bertz CT molecular complexity index is 1120. The highest BCUT2D eigenvalue weighted by Crippen LogP contribution is 2.37. The van der Waals surface area contributed by atoms with Gasteiger partial charge < -0.3 is 19.7 Å². The van der Waals surface area contributed by atoms with Gasteiger partial charge in [0.2, 0.25) is 5.91 Å². The lowest BCUT2D eigenvalue weighted by Gasteiger charge is -2.33. The van der Waals surface area contributed by atoms with Crippen molar-refractivity contribution in [3.05, 3.63) is 77.3 Å². The van der Waals surface area contributed by atoms with Crippen molar-refractivity contribution in [1.29, 1.82) is 0 Å². The number of likely N-dealkylation sites (N-methyl/N-ethyl adjacent to an activating group) is 1. The molecule has 1 atom stereocenters. The molecule has 0 spiro atoms. The maximum atomic E-state index is 13.0. The molecule has 192 valence electrons. The van der Waals surface area contributed by atoms with E-state index in [9.17, 15) is 22.4 Å². The molecule has 0 radical (unpaired) electrons. The molecule has 1 aromatic heterocycles. The molecule has 12 heteroatoms. The number of nitrogens with zero attached hydrogens (tertiary/aromatic N) is 3. The third-order valence-corrected chi connectivity index (χ3v) is 5.31. The quantitative estimate of drug-likeness (QED) is 0.324. The summed E-state index contributed by atoms with van der Waals surface area (Å²) in [7, 11) is 1.48. The van der Waals surface area contributed by atoms with Crippen LogP contribution >= 0.6 is 11.6 Å². The topological polar surface area (TPSA) is 76.6 Å². The fourth-order valence-electron chi connectivity index (χ4n) is 3.61. The first-order valence-electron chi connectivity index (χ1n) is 10.8. The van der Waals surface area contributed by atoms with Gasteiger partial charge in [0.05, 0.1) is 18.1 Å². The summed E-state index contributed by atoms with van der Waals surface area (Å²) in [5.41, 5.74) is 1.58. The van der Waals surface area contributed by atoms with Crippen LogP contribution in [-0.2, 0) is 11.2 Å². The van der Waals surface area contributed by atoms with E-state index in [2.05, 4.69) is 24.8 Å². The van der Waals surface area contributed by atoms with Crippen molar-refractivity contribution in [2.45, 2.75) is 32.1 Å². The smallest absolute Gasteiger partial charge is 0.387 e. The molecule has 2 aromatic carbocycles. The molecule has 3 rings (SSSR count). The predicted molar refractivity (Wildman–Crippen MR) is 126 cm³/mol. The fourth-order valence-corrected chi connectivity index (χ4v) is 3.71. The number of halogens is 5. The zero-order chi connectivity index (χ0) is 26.1. The van der Waals surface area contributed by atoms with Gasteiger partial charge in [0.15, 0.2) is 11.5 Å². The van der Waals surface area contributed by atoms with E-state index in [1.165, 1.54) is 25.5 Å². The van der Waals surface area contributed by atoms with Gasteiger partial charge in [-0.3, -0.25) is 9.78 Å². The first-order valence-corrected chi connectivity index (χ1v) is 11.2. The van der Waals surface area contributed by atoms with Gasteiger partial charge in [0.25, 0.3) is 0 Å². The number of nitrogens with one attached hydrogen (secondary N) is 1. The van der Waals surface area contributed by atoms with Gasteiger partial charge in [-0.05, 0) is 30.5 Å². The van der Waals surface area contributed by atoms with Gasteiger partial charge in [-0.1, -0.05) is 41.9 Å². The summed E-state index contributed by atoms with van der Waals surface area (Å²) >= 11 is 5.78. The van der Waals surface area contributed by atoms with Gasteiger partial charge in [-0.2, -0.15) is 17.6 Å². The van der Waals surface area contributed by atoms with Crippen LogP contribution in [0.2, 0.25) is 5.15 Å². The van der Waals surface area contributed by atoms with Gasteiger partial charge in [0.1, 0.15) is 11.2 Å². The Balaban J connectivity index is 2.00. The first kappa shape index (κ1) is 27.0. The Kier molecular flexibility index (Phi) is 9.69. The standard InChI is InChI=1S/C24H23ClF4N4O3/c1-30-22(34)21(15-6-3-2-4-7-15)33(11-5-8-16-13-32-20(25)14-31-16)17-9-10-18(35-23(26)27)19(12-17)36-24(28)29/h2-4,6-7,9-10,12-14,21,23-24H,5,8,11H2,1H3,(H,30,34)/t21-/m0/s1. The van der Waals surface area contributed by atoms with Crippen molar-refractivity contribution in [2.24, 2.45) is 0 Å². The molecule has 0 bridgehead atoms. The summed E-state index contributed by atoms with van der Waals surface area (Å²) < 4.78 is 60.4. The van der Waals surface area contributed by atoms with Crippen LogP contribution in [-0.4, -0.2) is 42.7 Å². The van der Waals surface area contributed by atoms with E-state index in [-0.39, 0.29) is 23.3 Å². The number of hydrogen-bond donors (Lipinski definition) is 1. The molecule has 36 heavy (non-hydrogen) atoms. The number of anilines is 1. The highest BCUT2D eigenvalue weighted by atomic mass is 35.5. The minimum atomic E-state index is -3.28. The van der Waals surface area contributed by atoms with Crippen LogP contribution in [0.15, 0.2) is 60.9 Å². The maximum Gasteiger partial charge on any atom is 0.387 e. The number of rotatable bonds is 12. The first-order chi connectivity index (χ1) is 17.3. The van der Waals surface area contributed by atoms with E-state index >= 15 is 0 Å². The summed E-state index contributed by atoms with van der Waals surface area (Å²) in [5, 5.41) is 2.87. The fraction of sp³-hybridized carbons (Fsp3) is 0.292. The third-order valence-electron chi connectivity index (χ3n) is 5.12. The van der Waals surface area contributed by atoms with Crippen molar-refractivity contribution in [2.75, 3.05) is 18.5 Å². The van der Waals surface area contributed by atoms with Gasteiger partial charge in [0, 0.05) is 25.3 Å². The Morgan fingerprint density at radius 3 is 2.31 bits per heavy atom. The zero-order valence-electron chi connectivity index (χ0n) is 19.1. The predicted octanol–water partition coefficient (Wildman–Crippen LogP) is 5.26. The number of ether oxygens (including phenoxy) is 2. The summed E-state index contributed by atoms with van der Waals surface area (Å²) in [5.74, 6) is -1.50. The molecule has 0 unspecified atom stereocenters. The van der Waals surface area contributed by atoms with E-state index in [0.29, 0.717) is 24.1 Å². The molecule has 3 aromatic rings. The van der Waals surface area contributed by atoms with Crippen LogP contribution < -0.4 is 19.7 Å². The molecule has 0 aliphatic rings. The summed E-state index contributed by atoms with van der Waals surface area (Å²) in [6, 6.07) is 11.6. The third kappa shape index (κ3) is 7.45. The van der Waals surface area contributed by atoms with E-state index in [4.69, 9.17) is 11.6 Å². The van der Waals surface area contributed by atoms with Gasteiger partial charge in [-0.25, -0.2) is 4.98 Å². The van der Waals surface area contributed by atoms with Crippen molar-refractivity contribution < 1.29 is 31.8 Å². The number of aromatic nitrogens is 2. The van der Waals surface area contributed by atoms with E-state index < -0.39 is 30.8 Å². The molecular formula is C24H23ClF4N4O3. The van der Waals surface area contributed by atoms with Crippen LogP contribution in [0.3, 0.4) is 0 Å². The summed E-state index contributed by atoms with van der Waals surface area (Å²) in [6.45, 7) is -6.25. The maximum absolute atomic E-state index is 13.0. The second-order valence-electron chi connectivity index (χ2n) is 7.44. The number of amides is 1. The molecule has 0 fully saturated rings. The van der Waals surface area contributed by atoms with Gasteiger partial charge in [-0.15, -0.1) is 0 Å². The number of hydrogen-bond acceptors (Lipinski definition) is 6. The van der Waals surface area contributed by atoms with E-state index in [1.54, 1.807) is 35.2 Å². The lowest BCUT2D eigenvalue weighted by molar-refractivity contribution is -0.122. The average molecular weight is 527 g/mol. The molecular weight excluding hydrogens is 504 g/mol.